The van der Waals surface area contributed by atoms with Gasteiger partial charge in [0.05, 0.1) is 17.8 Å². The molecule has 1 aromatic carbocycles. The Labute approximate surface area is 117 Å². The molecule has 0 spiro atoms. The summed E-state index contributed by atoms with van der Waals surface area (Å²) in [6.45, 7) is 0. The van der Waals surface area contributed by atoms with Crippen LogP contribution in [0.4, 0.5) is 0 Å². The number of methoxy groups -OCH3 is 1. The molecule has 0 fully saturated rings. The highest BCUT2D eigenvalue weighted by molar-refractivity contribution is 9.10. The molecule has 1 aromatic heterocycles. The summed E-state index contributed by atoms with van der Waals surface area (Å²) < 4.78 is 10.8. The third-order valence-electron chi connectivity index (χ3n) is 2.67. The maximum Gasteiger partial charge on any atom is 0.339 e. The van der Waals surface area contributed by atoms with Gasteiger partial charge in [-0.1, -0.05) is 6.07 Å². The number of aliphatic hydroxyl groups excluding tert-OH is 1. The van der Waals surface area contributed by atoms with Gasteiger partial charge in [-0.15, -0.1) is 0 Å². The number of furan rings is 1. The lowest BCUT2D eigenvalue weighted by molar-refractivity contribution is 0.0687. The number of benzene rings is 1. The number of rotatable bonds is 4. The van der Waals surface area contributed by atoms with Crippen LogP contribution >= 0.6 is 15.9 Å². The number of aliphatic hydroxyl groups is 1. The maximum atomic E-state index is 11.0. The lowest BCUT2D eigenvalue weighted by Gasteiger charge is -2.11. The number of carboxylic acid groups (broad SMARTS) is 1. The Balaban J connectivity index is 2.38. The van der Waals surface area contributed by atoms with Crippen molar-refractivity contribution < 1.29 is 24.2 Å². The second kappa shape index (κ2) is 5.46. The molecular weight excluding hydrogens is 316 g/mol. The Morgan fingerprint density at radius 2 is 2.16 bits per heavy atom. The highest BCUT2D eigenvalue weighted by atomic mass is 79.9. The smallest absolute Gasteiger partial charge is 0.339 e. The standard InChI is InChI=1S/C13H11BrO5/c1-18-10-3-2-7(6-9(10)14)11(15)12-8(13(16)17)4-5-19-12/h2-6,11,15H,1H3,(H,16,17). The summed E-state index contributed by atoms with van der Waals surface area (Å²) in [6.07, 6.45) is 0.0870. The third-order valence-corrected chi connectivity index (χ3v) is 3.29. The summed E-state index contributed by atoms with van der Waals surface area (Å²) in [5.74, 6) is -0.520. The van der Waals surface area contributed by atoms with E-state index in [1.807, 2.05) is 0 Å². The lowest BCUT2D eigenvalue weighted by Crippen LogP contribution is -2.05. The van der Waals surface area contributed by atoms with E-state index in [4.69, 9.17) is 14.3 Å². The highest BCUT2D eigenvalue weighted by Crippen LogP contribution is 2.32. The molecule has 1 unspecified atom stereocenters. The van der Waals surface area contributed by atoms with Crippen molar-refractivity contribution in [3.05, 3.63) is 51.9 Å². The van der Waals surface area contributed by atoms with Crippen LogP contribution in [-0.4, -0.2) is 23.3 Å². The molecule has 0 amide bonds. The number of aromatic carboxylic acids is 1. The summed E-state index contributed by atoms with van der Waals surface area (Å²) in [5.41, 5.74) is 0.449. The lowest BCUT2D eigenvalue weighted by atomic mass is 10.0. The molecule has 2 rings (SSSR count). The first-order chi connectivity index (χ1) is 9.04. The van der Waals surface area contributed by atoms with Gasteiger partial charge in [0.25, 0.3) is 0 Å². The Morgan fingerprint density at radius 3 is 2.74 bits per heavy atom. The minimum atomic E-state index is -1.15. The van der Waals surface area contributed by atoms with Crippen LogP contribution < -0.4 is 4.74 Å². The van der Waals surface area contributed by atoms with Gasteiger partial charge in [0.1, 0.15) is 17.4 Å². The summed E-state index contributed by atoms with van der Waals surface area (Å²) in [5, 5.41) is 19.2. The molecule has 0 aliphatic rings. The number of hydrogen-bond acceptors (Lipinski definition) is 4. The number of halogens is 1. The summed E-state index contributed by atoms with van der Waals surface area (Å²) >= 11 is 3.30. The summed E-state index contributed by atoms with van der Waals surface area (Å²) in [7, 11) is 1.53. The largest absolute Gasteiger partial charge is 0.496 e. The first-order valence-electron chi connectivity index (χ1n) is 5.36. The third kappa shape index (κ3) is 2.64. The van der Waals surface area contributed by atoms with E-state index in [9.17, 15) is 9.90 Å². The van der Waals surface area contributed by atoms with Gasteiger partial charge in [-0.2, -0.15) is 0 Å². The summed E-state index contributed by atoms with van der Waals surface area (Å²) in [6, 6.07) is 6.27. The average molecular weight is 327 g/mol. The molecule has 0 saturated carbocycles. The summed E-state index contributed by atoms with van der Waals surface area (Å²) in [4.78, 5) is 11.0. The van der Waals surface area contributed by atoms with Gasteiger partial charge < -0.3 is 19.4 Å². The molecular formula is C13H11BrO5. The van der Waals surface area contributed by atoms with E-state index in [2.05, 4.69) is 15.9 Å². The molecule has 2 aromatic rings. The molecule has 0 saturated heterocycles. The Hall–Kier alpha value is -1.79. The number of carbonyl (C=O) groups is 1. The van der Waals surface area contributed by atoms with Crippen molar-refractivity contribution in [2.75, 3.05) is 7.11 Å². The zero-order valence-electron chi connectivity index (χ0n) is 9.96. The average Bonchev–Trinajstić information content (AvgIpc) is 2.87. The molecule has 1 atom stereocenters. The van der Waals surface area contributed by atoms with Gasteiger partial charge in [0.2, 0.25) is 0 Å². The van der Waals surface area contributed by atoms with Crippen LogP contribution in [0.3, 0.4) is 0 Å². The fraction of sp³-hybridized carbons (Fsp3) is 0.154. The molecule has 5 nitrogen and oxygen atoms in total. The topological polar surface area (TPSA) is 79.9 Å². The van der Waals surface area contributed by atoms with Crippen LogP contribution in [0.1, 0.15) is 27.8 Å². The van der Waals surface area contributed by atoms with Crippen LogP contribution in [0.2, 0.25) is 0 Å². The van der Waals surface area contributed by atoms with E-state index in [-0.39, 0.29) is 11.3 Å². The fourth-order valence-electron chi connectivity index (χ4n) is 1.71. The van der Waals surface area contributed by atoms with Crippen molar-refractivity contribution in [3.8, 4) is 5.75 Å². The minimum absolute atomic E-state index is 0.00423. The van der Waals surface area contributed by atoms with E-state index in [1.165, 1.54) is 19.4 Å². The van der Waals surface area contributed by atoms with Crippen LogP contribution in [0.15, 0.2) is 39.4 Å². The van der Waals surface area contributed by atoms with Crippen molar-refractivity contribution in [2.45, 2.75) is 6.10 Å². The van der Waals surface area contributed by atoms with E-state index in [1.54, 1.807) is 18.2 Å². The Morgan fingerprint density at radius 1 is 1.42 bits per heavy atom. The minimum Gasteiger partial charge on any atom is -0.496 e. The molecule has 0 radical (unpaired) electrons. The second-order valence-corrected chi connectivity index (χ2v) is 4.65. The number of ether oxygens (including phenoxy) is 1. The van der Waals surface area contributed by atoms with Crippen molar-refractivity contribution in [1.29, 1.82) is 0 Å². The molecule has 6 heteroatoms. The molecule has 0 aliphatic heterocycles. The van der Waals surface area contributed by atoms with Crippen molar-refractivity contribution >= 4 is 21.9 Å². The monoisotopic (exact) mass is 326 g/mol. The predicted molar refractivity (Wildman–Crippen MR) is 70.4 cm³/mol. The Kier molecular flexibility index (Phi) is 3.92. The van der Waals surface area contributed by atoms with Crippen LogP contribution in [0, 0.1) is 0 Å². The first-order valence-corrected chi connectivity index (χ1v) is 6.16. The number of hydrogen-bond donors (Lipinski definition) is 2. The van der Waals surface area contributed by atoms with Crippen LogP contribution in [-0.2, 0) is 0 Å². The van der Waals surface area contributed by atoms with Crippen molar-refractivity contribution in [2.24, 2.45) is 0 Å². The molecule has 2 N–H and O–H groups in total. The van der Waals surface area contributed by atoms with Gasteiger partial charge in [0, 0.05) is 0 Å². The molecule has 100 valence electrons. The van der Waals surface area contributed by atoms with E-state index in [0.717, 1.165) is 0 Å². The zero-order chi connectivity index (χ0) is 14.0. The highest BCUT2D eigenvalue weighted by Gasteiger charge is 2.22. The first kappa shape index (κ1) is 13.6. The fourth-order valence-corrected chi connectivity index (χ4v) is 2.27. The zero-order valence-corrected chi connectivity index (χ0v) is 11.5. The molecule has 0 bridgehead atoms. The van der Waals surface area contributed by atoms with E-state index in [0.29, 0.717) is 15.8 Å². The van der Waals surface area contributed by atoms with Crippen LogP contribution in [0.25, 0.3) is 0 Å². The molecule has 19 heavy (non-hydrogen) atoms. The Bertz CT molecular complexity index is 605. The van der Waals surface area contributed by atoms with Crippen molar-refractivity contribution in [3.63, 3.8) is 0 Å². The van der Waals surface area contributed by atoms with E-state index < -0.39 is 12.1 Å². The normalized spacial score (nSPS) is 12.2. The van der Waals surface area contributed by atoms with Gasteiger partial charge >= 0.3 is 5.97 Å². The second-order valence-electron chi connectivity index (χ2n) is 3.80. The number of carboxylic acids is 1. The van der Waals surface area contributed by atoms with Crippen LogP contribution in [0.5, 0.6) is 5.75 Å². The van der Waals surface area contributed by atoms with Gasteiger partial charge in [0.15, 0.2) is 5.76 Å². The SMILES string of the molecule is COc1ccc(C(O)c2occc2C(=O)O)cc1Br. The van der Waals surface area contributed by atoms with Gasteiger partial charge in [-0.05, 0) is 39.7 Å². The quantitative estimate of drug-likeness (QED) is 0.903. The molecule has 1 heterocycles. The van der Waals surface area contributed by atoms with Gasteiger partial charge in [-0.3, -0.25) is 0 Å². The van der Waals surface area contributed by atoms with Crippen molar-refractivity contribution in [1.82, 2.24) is 0 Å². The maximum absolute atomic E-state index is 11.0. The van der Waals surface area contributed by atoms with Gasteiger partial charge in [-0.25, -0.2) is 4.79 Å². The van der Waals surface area contributed by atoms with E-state index >= 15 is 0 Å². The predicted octanol–water partition coefficient (Wildman–Crippen LogP) is 2.83. The molecule has 0 aliphatic carbocycles.